The average molecular weight is 389 g/mol. The van der Waals surface area contributed by atoms with Crippen molar-refractivity contribution < 1.29 is 4.74 Å². The van der Waals surface area contributed by atoms with Crippen LogP contribution in [-0.2, 0) is 4.74 Å². The van der Waals surface area contributed by atoms with E-state index < -0.39 is 0 Å². The molecule has 3 rings (SSSR count). The number of aliphatic imine (C=N–C) groups is 1. The quantitative estimate of drug-likeness (QED) is 0.789. The maximum absolute atomic E-state index is 5.60. The second kappa shape index (κ2) is 8.02. The van der Waals surface area contributed by atoms with Gasteiger partial charge in [-0.2, -0.15) is 0 Å². The van der Waals surface area contributed by atoms with Gasteiger partial charge in [0.1, 0.15) is 5.84 Å². The minimum absolute atomic E-state index is 0.415. The Kier molecular flexibility index (Phi) is 5.77. The normalized spacial score (nSPS) is 22.0. The number of hydrogen-bond acceptors (Lipinski definition) is 3. The molecule has 2 aliphatic rings. The number of ether oxygens (including phenoxy) is 1. The van der Waals surface area contributed by atoms with E-state index in [4.69, 9.17) is 4.74 Å². The topological polar surface area (TPSA) is 33.6 Å². The number of nitrogens with one attached hydrogen (secondary N) is 1. The average Bonchev–Trinajstić information content (AvgIpc) is 2.62. The van der Waals surface area contributed by atoms with E-state index in [1.807, 2.05) is 0 Å². The lowest BCUT2D eigenvalue weighted by atomic mass is 9.83. The molecule has 1 aromatic rings. The van der Waals surface area contributed by atoms with E-state index >= 15 is 0 Å². The van der Waals surface area contributed by atoms with Crippen molar-refractivity contribution in [3.05, 3.63) is 57.8 Å². The van der Waals surface area contributed by atoms with Crippen LogP contribution >= 0.6 is 15.9 Å². The molecule has 0 aromatic heterocycles. The molecule has 24 heavy (non-hydrogen) atoms. The third-order valence-corrected chi connectivity index (χ3v) is 5.38. The van der Waals surface area contributed by atoms with E-state index in [0.29, 0.717) is 11.8 Å². The summed E-state index contributed by atoms with van der Waals surface area (Å²) in [7, 11) is 1.77. The van der Waals surface area contributed by atoms with Crippen molar-refractivity contribution in [2.45, 2.75) is 32.1 Å². The van der Waals surface area contributed by atoms with Crippen LogP contribution < -0.4 is 5.32 Å². The summed E-state index contributed by atoms with van der Waals surface area (Å²) in [4.78, 5) is 4.69. The molecule has 0 bridgehead atoms. The van der Waals surface area contributed by atoms with Gasteiger partial charge in [0.15, 0.2) is 0 Å². The fourth-order valence-electron chi connectivity index (χ4n) is 3.56. The zero-order valence-corrected chi connectivity index (χ0v) is 16.0. The third kappa shape index (κ3) is 3.92. The molecule has 1 aliphatic heterocycles. The Morgan fingerprint density at radius 2 is 2.17 bits per heavy atom. The van der Waals surface area contributed by atoms with Crippen molar-refractivity contribution in [3.63, 3.8) is 0 Å². The Bertz CT molecular complexity index is 678. The number of benzene rings is 1. The highest BCUT2D eigenvalue weighted by Crippen LogP contribution is 2.36. The Labute approximate surface area is 153 Å². The van der Waals surface area contributed by atoms with Crippen LogP contribution in [0.4, 0.5) is 0 Å². The van der Waals surface area contributed by atoms with Crippen LogP contribution in [0.1, 0.15) is 43.2 Å². The molecule has 1 aromatic carbocycles. The Morgan fingerprint density at radius 1 is 1.33 bits per heavy atom. The lowest BCUT2D eigenvalue weighted by molar-refractivity contribution is 0.229. The molecular weight excluding hydrogens is 364 g/mol. The van der Waals surface area contributed by atoms with Crippen molar-refractivity contribution in [2.24, 2.45) is 10.9 Å². The number of amidine groups is 1. The van der Waals surface area contributed by atoms with E-state index in [9.17, 15) is 0 Å². The van der Waals surface area contributed by atoms with Gasteiger partial charge in [-0.05, 0) is 47.4 Å². The van der Waals surface area contributed by atoms with Crippen LogP contribution in [0, 0.1) is 5.92 Å². The largest absolute Gasteiger partial charge is 0.501 e. The predicted octanol–water partition coefficient (Wildman–Crippen LogP) is 4.75. The molecule has 1 heterocycles. The van der Waals surface area contributed by atoms with Gasteiger partial charge in [0.05, 0.1) is 12.9 Å². The van der Waals surface area contributed by atoms with Crippen LogP contribution in [0.25, 0.3) is 0 Å². The first-order valence-corrected chi connectivity index (χ1v) is 9.46. The molecule has 0 spiro atoms. The first-order valence-electron chi connectivity index (χ1n) is 8.67. The van der Waals surface area contributed by atoms with E-state index in [-0.39, 0.29) is 0 Å². The molecule has 1 N–H and O–H groups in total. The van der Waals surface area contributed by atoms with Crippen LogP contribution in [0.15, 0.2) is 51.7 Å². The molecule has 2 atom stereocenters. The fourth-order valence-corrected chi connectivity index (χ4v) is 4.08. The second-order valence-corrected chi connectivity index (χ2v) is 7.54. The molecule has 3 nitrogen and oxygen atoms in total. The maximum Gasteiger partial charge on any atom is 0.128 e. The summed E-state index contributed by atoms with van der Waals surface area (Å²) in [6, 6.07) is 8.66. The number of halogens is 1. The predicted molar refractivity (Wildman–Crippen MR) is 104 cm³/mol. The highest BCUT2D eigenvalue weighted by Gasteiger charge is 2.24. The molecule has 1 aliphatic carbocycles. The minimum Gasteiger partial charge on any atom is -0.501 e. The van der Waals surface area contributed by atoms with Gasteiger partial charge in [0, 0.05) is 24.6 Å². The smallest absolute Gasteiger partial charge is 0.128 e. The molecule has 128 valence electrons. The summed E-state index contributed by atoms with van der Waals surface area (Å²) in [5.74, 6) is 2.99. The highest BCUT2D eigenvalue weighted by atomic mass is 79.9. The standard InChI is InChI=1S/C20H25BrN2O/c1-14(12-15-13-16(21)8-9-19(15)24-2)17-6-3-4-7-18(17)20-22-10-5-11-23-20/h3-4,6-9,14-15H,5,10-13H2,1-2H3,(H,22,23). The van der Waals surface area contributed by atoms with Crippen LogP contribution in [0.5, 0.6) is 0 Å². The maximum atomic E-state index is 5.60. The van der Waals surface area contributed by atoms with Crippen molar-refractivity contribution in [3.8, 4) is 0 Å². The van der Waals surface area contributed by atoms with Crippen molar-refractivity contribution in [1.29, 1.82) is 0 Å². The van der Waals surface area contributed by atoms with Gasteiger partial charge < -0.3 is 10.1 Å². The molecule has 0 fully saturated rings. The number of nitrogens with zero attached hydrogens (tertiary/aromatic N) is 1. The van der Waals surface area contributed by atoms with Gasteiger partial charge in [-0.1, -0.05) is 47.1 Å². The van der Waals surface area contributed by atoms with E-state index in [2.05, 4.69) is 69.6 Å². The lowest BCUT2D eigenvalue weighted by Gasteiger charge is -2.27. The number of hydrogen-bond donors (Lipinski definition) is 1. The summed E-state index contributed by atoms with van der Waals surface area (Å²) in [6.07, 6.45) is 7.36. The van der Waals surface area contributed by atoms with Crippen molar-refractivity contribution in [2.75, 3.05) is 20.2 Å². The van der Waals surface area contributed by atoms with Gasteiger partial charge in [0.2, 0.25) is 0 Å². The van der Waals surface area contributed by atoms with E-state index in [1.165, 1.54) is 15.6 Å². The SMILES string of the molecule is COC1=CC=C(Br)CC1CC(C)c1ccccc1C1=NCCCN1. The van der Waals surface area contributed by atoms with Gasteiger partial charge in [-0.25, -0.2) is 0 Å². The third-order valence-electron chi connectivity index (χ3n) is 4.79. The lowest BCUT2D eigenvalue weighted by Crippen LogP contribution is -2.31. The number of allylic oxidation sites excluding steroid dienone is 4. The molecule has 0 radical (unpaired) electrons. The van der Waals surface area contributed by atoms with Gasteiger partial charge in [-0.3, -0.25) is 4.99 Å². The monoisotopic (exact) mass is 388 g/mol. The molecule has 2 unspecified atom stereocenters. The van der Waals surface area contributed by atoms with Crippen LogP contribution in [0.3, 0.4) is 0 Å². The van der Waals surface area contributed by atoms with Gasteiger partial charge in [-0.15, -0.1) is 0 Å². The zero-order valence-electron chi connectivity index (χ0n) is 14.4. The highest BCUT2D eigenvalue weighted by molar-refractivity contribution is 9.11. The summed E-state index contributed by atoms with van der Waals surface area (Å²) < 4.78 is 6.84. The number of rotatable bonds is 5. The summed E-state index contributed by atoms with van der Waals surface area (Å²) >= 11 is 3.64. The molecule has 0 saturated carbocycles. The number of methoxy groups -OCH3 is 1. The second-order valence-electron chi connectivity index (χ2n) is 6.52. The molecule has 0 amide bonds. The summed E-state index contributed by atoms with van der Waals surface area (Å²) in [5, 5.41) is 3.46. The first-order chi connectivity index (χ1) is 11.7. The van der Waals surface area contributed by atoms with Crippen LogP contribution in [0.2, 0.25) is 0 Å². The molecular formula is C20H25BrN2O. The molecule has 4 heteroatoms. The van der Waals surface area contributed by atoms with Gasteiger partial charge >= 0.3 is 0 Å². The zero-order chi connectivity index (χ0) is 16.9. The van der Waals surface area contributed by atoms with E-state index in [0.717, 1.165) is 43.9 Å². The first kappa shape index (κ1) is 17.3. The van der Waals surface area contributed by atoms with Crippen LogP contribution in [-0.4, -0.2) is 26.0 Å². The van der Waals surface area contributed by atoms with E-state index in [1.54, 1.807) is 7.11 Å². The fraction of sp³-hybridized carbons (Fsp3) is 0.450. The Morgan fingerprint density at radius 3 is 2.92 bits per heavy atom. The van der Waals surface area contributed by atoms with Gasteiger partial charge in [0.25, 0.3) is 0 Å². The Hall–Kier alpha value is -1.55. The minimum atomic E-state index is 0.415. The molecule has 0 saturated heterocycles. The Balaban J connectivity index is 1.81. The van der Waals surface area contributed by atoms with Crippen molar-refractivity contribution in [1.82, 2.24) is 5.32 Å². The van der Waals surface area contributed by atoms with Crippen molar-refractivity contribution >= 4 is 21.8 Å². The summed E-state index contributed by atoms with van der Waals surface area (Å²) in [6.45, 7) is 4.24. The summed E-state index contributed by atoms with van der Waals surface area (Å²) in [5.41, 5.74) is 2.62.